The lowest BCUT2D eigenvalue weighted by Crippen LogP contribution is -2.58. The molecular formula is C44H62N6O3. The number of rotatable bonds is 6. The van der Waals surface area contributed by atoms with E-state index in [1.54, 1.807) is 6.08 Å². The first kappa shape index (κ1) is 36.7. The highest BCUT2D eigenvalue weighted by molar-refractivity contribution is 6.06. The zero-order valence-electron chi connectivity index (χ0n) is 33.1. The molecule has 3 saturated carbocycles. The standard InChI is InChI=1S/C44H62N6O3/c1-29-7-10-38(47-46-29)50-19-12-31(13-20-50)27-48-21-23-49(24-22-48)28-45-40(53)42(4)16-15-41(3)17-18-44(6)33(35(41)26-42)11-14-43(5)34-25-36(51)39(52)30(2)32(34)8-9-37(43)44/h7-10,25,31,33,35,52H,11-24,26-28H2,1-6H3,(H,45,53). The first-order valence-corrected chi connectivity index (χ1v) is 20.6. The van der Waals surface area contributed by atoms with E-state index in [4.69, 9.17) is 0 Å². The summed E-state index contributed by atoms with van der Waals surface area (Å²) in [5, 5.41) is 22.5. The Morgan fingerprint density at radius 3 is 2.30 bits per heavy atom. The molecular weight excluding hydrogens is 661 g/mol. The summed E-state index contributed by atoms with van der Waals surface area (Å²) < 4.78 is 0. The van der Waals surface area contributed by atoms with Crippen LogP contribution < -0.4 is 10.2 Å². The van der Waals surface area contributed by atoms with Crippen molar-refractivity contribution in [1.29, 1.82) is 0 Å². The second-order valence-electron chi connectivity index (χ2n) is 19.0. The number of piperidine rings is 1. The van der Waals surface area contributed by atoms with Crippen LogP contribution in [0.4, 0.5) is 5.82 Å². The number of nitrogens with zero attached hydrogens (tertiary/aromatic N) is 5. The normalized spacial score (nSPS) is 36.8. The van der Waals surface area contributed by atoms with Gasteiger partial charge in [-0.1, -0.05) is 45.4 Å². The minimum Gasteiger partial charge on any atom is -0.504 e. The van der Waals surface area contributed by atoms with E-state index in [0.717, 1.165) is 113 Å². The van der Waals surface area contributed by atoms with Crippen molar-refractivity contribution in [3.05, 3.63) is 64.1 Å². The topological polar surface area (TPSA) is 102 Å². The summed E-state index contributed by atoms with van der Waals surface area (Å²) in [4.78, 5) is 34.4. The Morgan fingerprint density at radius 2 is 1.58 bits per heavy atom. The van der Waals surface area contributed by atoms with Crippen LogP contribution in [0.1, 0.15) is 98.1 Å². The molecule has 1 aromatic heterocycles. The second-order valence-corrected chi connectivity index (χ2v) is 19.0. The van der Waals surface area contributed by atoms with Gasteiger partial charge in [-0.15, -0.1) is 5.10 Å². The number of anilines is 1. The fourth-order valence-electron chi connectivity index (χ4n) is 12.0. The molecule has 6 atom stereocenters. The molecule has 5 aliphatic carbocycles. The van der Waals surface area contributed by atoms with Crippen LogP contribution >= 0.6 is 0 Å². The number of aromatic nitrogens is 2. The predicted molar refractivity (Wildman–Crippen MR) is 209 cm³/mol. The van der Waals surface area contributed by atoms with E-state index in [0.29, 0.717) is 24.1 Å². The molecule has 9 heteroatoms. The molecule has 6 unspecified atom stereocenters. The maximum absolute atomic E-state index is 14.1. The van der Waals surface area contributed by atoms with Crippen molar-refractivity contribution in [3.8, 4) is 0 Å². The first-order chi connectivity index (χ1) is 25.2. The van der Waals surface area contributed by atoms with E-state index in [2.05, 4.69) is 76.1 Å². The van der Waals surface area contributed by atoms with E-state index in [1.807, 2.05) is 19.9 Å². The predicted octanol–water partition coefficient (Wildman–Crippen LogP) is 6.93. The van der Waals surface area contributed by atoms with Gasteiger partial charge in [0, 0.05) is 62.2 Å². The Morgan fingerprint density at radius 1 is 0.868 bits per heavy atom. The number of carbonyl (C=O) groups excluding carboxylic acids is 2. The maximum Gasteiger partial charge on any atom is 0.226 e. The number of piperazine rings is 1. The van der Waals surface area contributed by atoms with Gasteiger partial charge in [0.15, 0.2) is 11.6 Å². The number of amides is 1. The Labute approximate surface area is 317 Å². The Bertz CT molecular complexity index is 1760. The highest BCUT2D eigenvalue weighted by Gasteiger charge is 2.62. The molecule has 3 heterocycles. The molecule has 286 valence electrons. The van der Waals surface area contributed by atoms with Crippen molar-refractivity contribution in [3.63, 3.8) is 0 Å². The Balaban J connectivity index is 0.862. The van der Waals surface area contributed by atoms with Crippen LogP contribution in [0.25, 0.3) is 0 Å². The average Bonchev–Trinajstić information content (AvgIpc) is 3.15. The van der Waals surface area contributed by atoms with Gasteiger partial charge in [-0.2, -0.15) is 5.10 Å². The monoisotopic (exact) mass is 722 g/mol. The summed E-state index contributed by atoms with van der Waals surface area (Å²) in [5.41, 5.74) is 4.91. The van der Waals surface area contributed by atoms with Crippen LogP contribution in [0.3, 0.4) is 0 Å². The molecule has 0 bridgehead atoms. The molecule has 1 amide bonds. The Hall–Kier alpha value is -3.30. The van der Waals surface area contributed by atoms with Gasteiger partial charge in [-0.3, -0.25) is 14.5 Å². The lowest BCUT2D eigenvalue weighted by Gasteiger charge is -2.65. The summed E-state index contributed by atoms with van der Waals surface area (Å²) in [6.45, 7) is 21.4. The number of aliphatic hydroxyl groups is 1. The number of ketones is 1. The number of allylic oxidation sites excluding steroid dienone is 7. The molecule has 7 aliphatic rings. The van der Waals surface area contributed by atoms with Crippen molar-refractivity contribution >= 4 is 17.5 Å². The molecule has 2 N–H and O–H groups in total. The number of hydrogen-bond donors (Lipinski definition) is 2. The van der Waals surface area contributed by atoms with Crippen LogP contribution in [0.2, 0.25) is 0 Å². The molecule has 5 fully saturated rings. The van der Waals surface area contributed by atoms with Crippen molar-refractivity contribution < 1.29 is 14.7 Å². The SMILES string of the molecule is CC1=C(O)C(=O)C=C2C1=CC=C1C2(C)CCC2C3CC(C)(C(=O)NCN4CCN(CC5CCN(c6ccc(C)nn6)CC5)CC4)CCC3(C)CCC12C. The highest BCUT2D eigenvalue weighted by atomic mass is 16.3. The van der Waals surface area contributed by atoms with Gasteiger partial charge in [-0.05, 0) is 130 Å². The molecule has 9 nitrogen and oxygen atoms in total. The molecule has 0 radical (unpaired) electrons. The summed E-state index contributed by atoms with van der Waals surface area (Å²) in [7, 11) is 0. The molecule has 8 rings (SSSR count). The van der Waals surface area contributed by atoms with Gasteiger partial charge in [0.05, 0.1) is 12.4 Å². The summed E-state index contributed by atoms with van der Waals surface area (Å²) >= 11 is 0. The van der Waals surface area contributed by atoms with Crippen molar-refractivity contribution in [1.82, 2.24) is 25.3 Å². The van der Waals surface area contributed by atoms with Gasteiger partial charge in [-0.25, -0.2) is 0 Å². The van der Waals surface area contributed by atoms with Crippen molar-refractivity contribution in [2.75, 3.05) is 57.4 Å². The van der Waals surface area contributed by atoms with Crippen LogP contribution in [0.5, 0.6) is 0 Å². The van der Waals surface area contributed by atoms with Gasteiger partial charge >= 0.3 is 0 Å². The third kappa shape index (κ3) is 6.31. The lowest BCUT2D eigenvalue weighted by molar-refractivity contribution is -0.145. The van der Waals surface area contributed by atoms with Crippen molar-refractivity contribution in [2.24, 2.45) is 39.4 Å². The number of aliphatic hydroxyl groups excluding tert-OH is 1. The summed E-state index contributed by atoms with van der Waals surface area (Å²) in [6, 6.07) is 4.14. The third-order valence-electron chi connectivity index (χ3n) is 15.8. The second kappa shape index (κ2) is 13.5. The van der Waals surface area contributed by atoms with Gasteiger partial charge < -0.3 is 20.2 Å². The average molecular weight is 723 g/mol. The number of aryl methyl sites for hydroxylation is 1. The van der Waals surface area contributed by atoms with Crippen LogP contribution in [-0.2, 0) is 9.59 Å². The first-order valence-electron chi connectivity index (χ1n) is 20.6. The minimum atomic E-state index is -0.365. The highest BCUT2D eigenvalue weighted by Crippen LogP contribution is 2.70. The number of fused-ring (bicyclic) bond motifs is 7. The number of nitrogens with one attached hydrogen (secondary N) is 1. The lowest BCUT2D eigenvalue weighted by atomic mass is 9.39. The molecule has 0 spiro atoms. The maximum atomic E-state index is 14.1. The quantitative estimate of drug-likeness (QED) is 0.326. The Kier molecular flexibility index (Phi) is 9.32. The smallest absolute Gasteiger partial charge is 0.226 e. The molecule has 2 aliphatic heterocycles. The van der Waals surface area contributed by atoms with E-state index in [1.165, 1.54) is 24.8 Å². The zero-order valence-corrected chi connectivity index (χ0v) is 33.1. The van der Waals surface area contributed by atoms with E-state index < -0.39 is 0 Å². The fourth-order valence-corrected chi connectivity index (χ4v) is 12.0. The molecule has 1 aromatic rings. The zero-order chi connectivity index (χ0) is 37.3. The largest absolute Gasteiger partial charge is 0.504 e. The van der Waals surface area contributed by atoms with E-state index in [9.17, 15) is 14.7 Å². The summed E-state index contributed by atoms with van der Waals surface area (Å²) in [6.07, 6.45) is 16.0. The summed E-state index contributed by atoms with van der Waals surface area (Å²) in [5.74, 6) is 2.56. The van der Waals surface area contributed by atoms with Crippen LogP contribution in [-0.4, -0.2) is 89.3 Å². The number of hydrogen-bond acceptors (Lipinski definition) is 8. The van der Waals surface area contributed by atoms with E-state index in [-0.39, 0.29) is 39.1 Å². The van der Waals surface area contributed by atoms with Crippen LogP contribution in [0.15, 0.2) is 58.4 Å². The minimum absolute atomic E-state index is 0.0153. The molecule has 53 heavy (non-hydrogen) atoms. The van der Waals surface area contributed by atoms with Crippen molar-refractivity contribution in [2.45, 2.75) is 99.3 Å². The van der Waals surface area contributed by atoms with E-state index >= 15 is 0 Å². The van der Waals surface area contributed by atoms with Gasteiger partial charge in [0.2, 0.25) is 11.7 Å². The van der Waals surface area contributed by atoms with Gasteiger partial charge in [0.1, 0.15) is 0 Å². The van der Waals surface area contributed by atoms with Crippen LogP contribution in [0, 0.1) is 46.3 Å². The number of carbonyl (C=O) groups is 2. The van der Waals surface area contributed by atoms with Gasteiger partial charge in [0.25, 0.3) is 0 Å². The molecule has 2 saturated heterocycles. The molecule has 0 aromatic carbocycles. The third-order valence-corrected chi connectivity index (χ3v) is 15.8. The fraction of sp³-hybridized carbons (Fsp3) is 0.682.